The number of phenolic OH excluding ortho intramolecular Hbond substituents is 1. The molecule has 1 nitrogen and oxygen atoms in total. The number of hydrogen-bond donors (Lipinski definition) is 1. The summed E-state index contributed by atoms with van der Waals surface area (Å²) in [6, 6.07) is 6.83. The molecule has 3 heteroatoms. The minimum atomic E-state index is -0.375. The second kappa shape index (κ2) is 3.84. The lowest BCUT2D eigenvalue weighted by Gasteiger charge is -2.00. The Kier molecular flexibility index (Phi) is 3.03. The number of hydrogen-bond acceptors (Lipinski definition) is 1. The van der Waals surface area contributed by atoms with Gasteiger partial charge in [0.2, 0.25) is 0 Å². The van der Waals surface area contributed by atoms with E-state index in [1.54, 1.807) is 24.3 Å². The number of halogens is 2. The van der Waals surface area contributed by atoms with Crippen molar-refractivity contribution in [2.45, 2.75) is 11.3 Å². The van der Waals surface area contributed by atoms with Gasteiger partial charge in [-0.25, -0.2) is 0 Å². The van der Waals surface area contributed by atoms with Crippen LogP contribution >= 0.6 is 23.2 Å². The van der Waals surface area contributed by atoms with Crippen LogP contribution in [0, 0.1) is 0 Å². The van der Waals surface area contributed by atoms with E-state index in [0.29, 0.717) is 6.42 Å². The molecule has 0 saturated heterocycles. The third-order valence-corrected chi connectivity index (χ3v) is 1.63. The Morgan fingerprint density at radius 1 is 1.18 bits per heavy atom. The average molecular weight is 191 g/mol. The van der Waals surface area contributed by atoms with Gasteiger partial charge < -0.3 is 5.11 Å². The average Bonchev–Trinajstić information content (AvgIpc) is 1.93. The van der Waals surface area contributed by atoms with Gasteiger partial charge in [0.1, 0.15) is 10.6 Å². The number of phenols is 1. The minimum absolute atomic E-state index is 0.259. The molecule has 0 spiro atoms. The highest BCUT2D eigenvalue weighted by atomic mass is 35.5. The van der Waals surface area contributed by atoms with Gasteiger partial charge in [-0.05, 0) is 17.7 Å². The van der Waals surface area contributed by atoms with E-state index in [1.807, 2.05) is 0 Å². The molecule has 11 heavy (non-hydrogen) atoms. The first-order valence-corrected chi connectivity index (χ1v) is 4.12. The van der Waals surface area contributed by atoms with Crippen LogP contribution in [0.25, 0.3) is 0 Å². The first-order chi connectivity index (χ1) is 5.18. The summed E-state index contributed by atoms with van der Waals surface area (Å²) in [5.41, 5.74) is 1.03. The normalized spacial score (nSPS) is 10.5. The fraction of sp³-hybridized carbons (Fsp3) is 0.250. The number of aromatic hydroxyl groups is 1. The molecule has 1 rings (SSSR count). The second-order valence-corrected chi connectivity index (χ2v) is 3.54. The molecule has 0 amide bonds. The fourth-order valence-corrected chi connectivity index (χ4v) is 1.17. The molecule has 0 heterocycles. The molecule has 0 aliphatic carbocycles. The van der Waals surface area contributed by atoms with E-state index in [0.717, 1.165) is 5.56 Å². The van der Waals surface area contributed by atoms with Crippen LogP contribution < -0.4 is 0 Å². The van der Waals surface area contributed by atoms with Crippen molar-refractivity contribution in [1.82, 2.24) is 0 Å². The molecule has 0 saturated carbocycles. The van der Waals surface area contributed by atoms with Crippen LogP contribution in [-0.4, -0.2) is 9.94 Å². The quantitative estimate of drug-likeness (QED) is 0.712. The lowest BCUT2D eigenvalue weighted by Crippen LogP contribution is -1.92. The standard InChI is InChI=1S/C8H8Cl2O/c9-8(10)5-6-1-3-7(11)4-2-6/h1-4,8,11H,5H2. The summed E-state index contributed by atoms with van der Waals surface area (Å²) in [6.45, 7) is 0. The van der Waals surface area contributed by atoms with Crippen LogP contribution in [0.2, 0.25) is 0 Å². The van der Waals surface area contributed by atoms with Crippen molar-refractivity contribution in [3.05, 3.63) is 29.8 Å². The molecular weight excluding hydrogens is 183 g/mol. The molecule has 0 aromatic heterocycles. The fourth-order valence-electron chi connectivity index (χ4n) is 0.810. The Bertz CT molecular complexity index is 218. The smallest absolute Gasteiger partial charge is 0.115 e. The maximum atomic E-state index is 8.92. The van der Waals surface area contributed by atoms with Gasteiger partial charge in [0.25, 0.3) is 0 Å². The third kappa shape index (κ3) is 3.00. The van der Waals surface area contributed by atoms with E-state index in [-0.39, 0.29) is 10.6 Å². The number of alkyl halides is 2. The van der Waals surface area contributed by atoms with Crippen LogP contribution in [-0.2, 0) is 6.42 Å². The van der Waals surface area contributed by atoms with Crippen molar-refractivity contribution in [1.29, 1.82) is 0 Å². The molecule has 1 aromatic carbocycles. The lowest BCUT2D eigenvalue weighted by molar-refractivity contribution is 0.475. The van der Waals surface area contributed by atoms with Gasteiger partial charge in [-0.3, -0.25) is 0 Å². The van der Waals surface area contributed by atoms with E-state index >= 15 is 0 Å². The summed E-state index contributed by atoms with van der Waals surface area (Å²) in [7, 11) is 0. The topological polar surface area (TPSA) is 20.2 Å². The zero-order valence-corrected chi connectivity index (χ0v) is 7.31. The number of benzene rings is 1. The van der Waals surface area contributed by atoms with Crippen LogP contribution in [0.15, 0.2) is 24.3 Å². The monoisotopic (exact) mass is 190 g/mol. The van der Waals surface area contributed by atoms with Crippen molar-refractivity contribution < 1.29 is 5.11 Å². The zero-order valence-electron chi connectivity index (χ0n) is 5.80. The highest BCUT2D eigenvalue weighted by Crippen LogP contribution is 2.14. The van der Waals surface area contributed by atoms with Gasteiger partial charge in [-0.2, -0.15) is 0 Å². The summed E-state index contributed by atoms with van der Waals surface area (Å²) in [6.07, 6.45) is 0.614. The van der Waals surface area contributed by atoms with Gasteiger partial charge in [-0.15, -0.1) is 23.2 Å². The summed E-state index contributed by atoms with van der Waals surface area (Å²) >= 11 is 11.1. The van der Waals surface area contributed by atoms with Gasteiger partial charge in [0.05, 0.1) is 0 Å². The summed E-state index contributed by atoms with van der Waals surface area (Å²) in [5.74, 6) is 0.259. The highest BCUT2D eigenvalue weighted by molar-refractivity contribution is 6.44. The molecule has 0 fully saturated rings. The second-order valence-electron chi connectivity index (χ2n) is 2.26. The Balaban J connectivity index is 2.66. The Morgan fingerprint density at radius 3 is 2.18 bits per heavy atom. The largest absolute Gasteiger partial charge is 0.508 e. The van der Waals surface area contributed by atoms with E-state index < -0.39 is 0 Å². The van der Waals surface area contributed by atoms with Crippen molar-refractivity contribution in [3.63, 3.8) is 0 Å². The summed E-state index contributed by atoms with van der Waals surface area (Å²) < 4.78 is 0. The maximum Gasteiger partial charge on any atom is 0.115 e. The van der Waals surface area contributed by atoms with Crippen LogP contribution in [0.3, 0.4) is 0 Å². The minimum Gasteiger partial charge on any atom is -0.508 e. The first kappa shape index (κ1) is 8.69. The maximum absolute atomic E-state index is 8.92. The van der Waals surface area contributed by atoms with Crippen molar-refractivity contribution in [2.24, 2.45) is 0 Å². The van der Waals surface area contributed by atoms with Crippen molar-refractivity contribution >= 4 is 23.2 Å². The lowest BCUT2D eigenvalue weighted by atomic mass is 10.2. The van der Waals surface area contributed by atoms with Crippen LogP contribution in [0.5, 0.6) is 5.75 Å². The molecule has 60 valence electrons. The predicted octanol–water partition coefficient (Wildman–Crippen LogP) is 2.74. The molecule has 0 unspecified atom stereocenters. The molecular formula is C8H8Cl2O. The van der Waals surface area contributed by atoms with Gasteiger partial charge in [-0.1, -0.05) is 12.1 Å². The van der Waals surface area contributed by atoms with Crippen molar-refractivity contribution in [2.75, 3.05) is 0 Å². The first-order valence-electron chi connectivity index (χ1n) is 3.24. The van der Waals surface area contributed by atoms with E-state index in [1.165, 1.54) is 0 Å². The van der Waals surface area contributed by atoms with Crippen molar-refractivity contribution in [3.8, 4) is 5.75 Å². The zero-order chi connectivity index (χ0) is 8.27. The number of rotatable bonds is 2. The summed E-state index contributed by atoms with van der Waals surface area (Å²) in [4.78, 5) is -0.375. The van der Waals surface area contributed by atoms with E-state index in [2.05, 4.69) is 0 Å². The third-order valence-electron chi connectivity index (χ3n) is 1.33. The molecule has 0 atom stereocenters. The van der Waals surface area contributed by atoms with Crippen LogP contribution in [0.4, 0.5) is 0 Å². The Morgan fingerprint density at radius 2 is 1.73 bits per heavy atom. The Hall–Kier alpha value is -0.400. The van der Waals surface area contributed by atoms with Gasteiger partial charge in [0.15, 0.2) is 0 Å². The van der Waals surface area contributed by atoms with E-state index in [4.69, 9.17) is 28.3 Å². The SMILES string of the molecule is Oc1ccc(CC(Cl)Cl)cc1. The predicted molar refractivity (Wildman–Crippen MR) is 47.3 cm³/mol. The Labute approximate surface area is 75.6 Å². The molecule has 1 N–H and O–H groups in total. The molecule has 1 aromatic rings. The summed E-state index contributed by atoms with van der Waals surface area (Å²) in [5, 5.41) is 8.92. The highest BCUT2D eigenvalue weighted by Gasteiger charge is 1.99. The molecule has 0 aliphatic rings. The molecule has 0 radical (unpaired) electrons. The molecule has 0 aliphatic heterocycles. The van der Waals surface area contributed by atoms with Gasteiger partial charge in [0, 0.05) is 6.42 Å². The van der Waals surface area contributed by atoms with Gasteiger partial charge >= 0.3 is 0 Å². The van der Waals surface area contributed by atoms with E-state index in [9.17, 15) is 0 Å². The molecule has 0 bridgehead atoms. The van der Waals surface area contributed by atoms with Crippen LogP contribution in [0.1, 0.15) is 5.56 Å².